The number of anilines is 3. The first-order valence-electron chi connectivity index (χ1n) is 23.0. The highest BCUT2D eigenvalue weighted by atomic mass is 15.2. The summed E-state index contributed by atoms with van der Waals surface area (Å²) in [5.41, 5.74) is 15.2. The Morgan fingerprint density at radius 2 is 0.882 bits per heavy atom. The summed E-state index contributed by atoms with van der Waals surface area (Å²) in [7, 11) is 0. The summed E-state index contributed by atoms with van der Waals surface area (Å²) in [6.07, 6.45) is 5.89. The molecular weight excluding hydrogens is 831 g/mol. The molecule has 14 aromatic rings. The molecule has 0 bridgehead atoms. The van der Waals surface area contributed by atoms with Crippen LogP contribution in [0.15, 0.2) is 225 Å². The van der Waals surface area contributed by atoms with Gasteiger partial charge in [-0.15, -0.1) is 0 Å². The van der Waals surface area contributed by atoms with Crippen LogP contribution in [0.1, 0.15) is 0 Å². The van der Waals surface area contributed by atoms with Gasteiger partial charge in [0.15, 0.2) is 0 Å². The summed E-state index contributed by atoms with van der Waals surface area (Å²) in [6, 6.07) is 73.9. The van der Waals surface area contributed by atoms with Crippen molar-refractivity contribution in [1.82, 2.24) is 28.7 Å². The Morgan fingerprint density at radius 3 is 1.47 bits per heavy atom. The predicted octanol–water partition coefficient (Wildman–Crippen LogP) is 15.4. The Bertz CT molecular complexity index is 4260. The molecule has 0 fully saturated rings. The molecule has 0 aliphatic carbocycles. The van der Waals surface area contributed by atoms with Crippen molar-refractivity contribution in [3.63, 3.8) is 0 Å². The van der Waals surface area contributed by atoms with Gasteiger partial charge in [0.1, 0.15) is 11.6 Å². The van der Waals surface area contributed by atoms with Crippen LogP contribution in [0.5, 0.6) is 0 Å². The van der Waals surface area contributed by atoms with Crippen LogP contribution in [-0.4, -0.2) is 28.7 Å². The average Bonchev–Trinajstić information content (AvgIpc) is 4.04. The zero-order chi connectivity index (χ0) is 44.5. The van der Waals surface area contributed by atoms with Gasteiger partial charge in [-0.25, -0.2) is 9.97 Å². The minimum Gasteiger partial charge on any atom is -0.308 e. The van der Waals surface area contributed by atoms with Crippen LogP contribution in [-0.2, 0) is 0 Å². The molecule has 8 aromatic carbocycles. The Balaban J connectivity index is 0.959. The monoisotopic (exact) mass is 867 g/mol. The number of para-hydroxylation sites is 4. The zero-order valence-electron chi connectivity index (χ0n) is 36.5. The summed E-state index contributed by atoms with van der Waals surface area (Å²) in [4.78, 5) is 17.7. The summed E-state index contributed by atoms with van der Waals surface area (Å²) >= 11 is 0. The molecule has 0 N–H and O–H groups in total. The van der Waals surface area contributed by atoms with Crippen molar-refractivity contribution in [2.45, 2.75) is 0 Å². The Hall–Kier alpha value is -9.33. The fourth-order valence-electron chi connectivity index (χ4n) is 11.2. The Morgan fingerprint density at radius 1 is 0.324 bits per heavy atom. The molecule has 0 radical (unpaired) electrons. The van der Waals surface area contributed by atoms with E-state index in [9.17, 15) is 0 Å². The Kier molecular flexibility index (Phi) is 7.65. The minimum atomic E-state index is 0.832. The SMILES string of the molecule is c1ccc(-c2ccc3c(c2)c2cc4c(cc2n3-c2ccc(-n3c5ccccc5c5ccccc53)cn2)N(c2ccc(-n3c5ccccc5c5ccccc53)cn2)c2cccc3cccc-4c23)nc1. The number of hydrogen-bond donors (Lipinski definition) is 0. The fourth-order valence-corrected chi connectivity index (χ4v) is 11.2. The molecule has 6 aromatic heterocycles. The van der Waals surface area contributed by atoms with Crippen LogP contribution in [0.25, 0.3) is 116 Å². The molecule has 0 unspecified atom stereocenters. The molecule has 0 spiro atoms. The van der Waals surface area contributed by atoms with Crippen LogP contribution in [0.3, 0.4) is 0 Å². The smallest absolute Gasteiger partial charge is 0.137 e. The molecule has 0 atom stereocenters. The molecule has 0 saturated carbocycles. The fraction of sp³-hybridized carbons (Fsp3) is 0. The second-order valence-corrected chi connectivity index (χ2v) is 17.7. The lowest BCUT2D eigenvalue weighted by atomic mass is 9.90. The van der Waals surface area contributed by atoms with Gasteiger partial charge in [-0.05, 0) is 102 Å². The molecule has 1 aliphatic rings. The van der Waals surface area contributed by atoms with Crippen LogP contribution in [0.4, 0.5) is 17.2 Å². The van der Waals surface area contributed by atoms with E-state index in [1.807, 2.05) is 30.7 Å². The van der Waals surface area contributed by atoms with Gasteiger partial charge in [-0.1, -0.05) is 115 Å². The van der Waals surface area contributed by atoms with Gasteiger partial charge in [0.05, 0.1) is 73.9 Å². The summed E-state index contributed by atoms with van der Waals surface area (Å²) in [5, 5.41) is 9.55. The standard InChI is InChI=1S/C61H37N7/c1-5-21-51-42(15-1)43-16-2-6-22-52(43)65(51)40-27-30-59(63-36-40)67-55-29-26-39(50-20-9-10-32-62-50)33-47(55)49-34-48-46-19-11-13-38-14-12-25-56(61(38)46)68(57(48)35-58(49)67)60-31-28-41(37-64-60)66-53-23-7-3-17-44(53)45-18-4-8-24-54(45)66/h1-37H. The lowest BCUT2D eigenvalue weighted by molar-refractivity contribution is 1.05. The van der Waals surface area contributed by atoms with Crippen molar-refractivity contribution < 1.29 is 0 Å². The van der Waals surface area contributed by atoms with Crippen molar-refractivity contribution in [3.05, 3.63) is 225 Å². The molecular formula is C61H37N7. The maximum absolute atomic E-state index is 5.33. The summed E-state index contributed by atoms with van der Waals surface area (Å²) < 4.78 is 6.96. The van der Waals surface area contributed by atoms with E-state index in [0.717, 1.165) is 95.1 Å². The predicted molar refractivity (Wildman–Crippen MR) is 279 cm³/mol. The summed E-state index contributed by atoms with van der Waals surface area (Å²) in [5.74, 6) is 1.67. The van der Waals surface area contributed by atoms with Crippen LogP contribution < -0.4 is 4.90 Å². The first-order valence-corrected chi connectivity index (χ1v) is 23.0. The molecule has 7 nitrogen and oxygen atoms in total. The van der Waals surface area contributed by atoms with E-state index in [1.165, 1.54) is 37.9 Å². The van der Waals surface area contributed by atoms with Gasteiger partial charge in [0, 0.05) is 55.0 Å². The number of rotatable bonds is 5. The molecule has 7 heterocycles. The van der Waals surface area contributed by atoms with Crippen molar-refractivity contribution in [2.75, 3.05) is 4.90 Å². The highest BCUT2D eigenvalue weighted by molar-refractivity contribution is 6.19. The third-order valence-electron chi connectivity index (χ3n) is 14.1. The van der Waals surface area contributed by atoms with Gasteiger partial charge < -0.3 is 9.13 Å². The number of pyridine rings is 3. The van der Waals surface area contributed by atoms with Crippen LogP contribution in [0, 0.1) is 0 Å². The number of aromatic nitrogens is 6. The molecule has 0 amide bonds. The third kappa shape index (κ3) is 5.21. The Labute approximate surface area is 389 Å². The lowest BCUT2D eigenvalue weighted by Gasteiger charge is -2.33. The average molecular weight is 868 g/mol. The number of fused-ring (bicyclic) bond motifs is 11. The van der Waals surface area contributed by atoms with E-state index in [0.29, 0.717) is 0 Å². The molecule has 316 valence electrons. The van der Waals surface area contributed by atoms with Gasteiger partial charge >= 0.3 is 0 Å². The first-order chi connectivity index (χ1) is 33.7. The van der Waals surface area contributed by atoms with E-state index >= 15 is 0 Å². The maximum atomic E-state index is 5.33. The minimum absolute atomic E-state index is 0.832. The highest BCUT2D eigenvalue weighted by Crippen LogP contribution is 2.53. The number of nitrogens with zero attached hydrogens (tertiary/aromatic N) is 7. The van der Waals surface area contributed by atoms with Gasteiger partial charge in [-0.3, -0.25) is 14.5 Å². The molecule has 0 saturated heterocycles. The lowest BCUT2D eigenvalue weighted by Crippen LogP contribution is -2.16. The van der Waals surface area contributed by atoms with Gasteiger partial charge in [0.25, 0.3) is 0 Å². The van der Waals surface area contributed by atoms with Gasteiger partial charge in [0.2, 0.25) is 0 Å². The molecule has 7 heteroatoms. The number of benzene rings is 8. The molecule has 15 rings (SSSR count). The van der Waals surface area contributed by atoms with Crippen molar-refractivity contribution >= 4 is 93.4 Å². The largest absolute Gasteiger partial charge is 0.308 e. The maximum Gasteiger partial charge on any atom is 0.137 e. The second kappa shape index (κ2) is 14.1. The number of hydrogen-bond acceptors (Lipinski definition) is 4. The first kappa shape index (κ1) is 36.9. The highest BCUT2D eigenvalue weighted by Gasteiger charge is 2.29. The van der Waals surface area contributed by atoms with Crippen molar-refractivity contribution in [2.24, 2.45) is 0 Å². The van der Waals surface area contributed by atoms with Crippen molar-refractivity contribution in [1.29, 1.82) is 0 Å². The molecule has 1 aliphatic heterocycles. The van der Waals surface area contributed by atoms with Crippen LogP contribution >= 0.6 is 0 Å². The van der Waals surface area contributed by atoms with E-state index in [-0.39, 0.29) is 0 Å². The van der Waals surface area contributed by atoms with Crippen molar-refractivity contribution in [3.8, 4) is 39.6 Å². The second-order valence-electron chi connectivity index (χ2n) is 17.7. The quantitative estimate of drug-likeness (QED) is 0.173. The normalized spacial score (nSPS) is 12.4. The topological polar surface area (TPSA) is 56.7 Å². The summed E-state index contributed by atoms with van der Waals surface area (Å²) in [6.45, 7) is 0. The van der Waals surface area contributed by atoms with E-state index < -0.39 is 0 Å². The van der Waals surface area contributed by atoms with Crippen LogP contribution in [0.2, 0.25) is 0 Å². The van der Waals surface area contributed by atoms with E-state index in [1.54, 1.807) is 0 Å². The van der Waals surface area contributed by atoms with E-state index in [2.05, 4.69) is 213 Å². The zero-order valence-corrected chi connectivity index (χ0v) is 36.5. The third-order valence-corrected chi connectivity index (χ3v) is 14.1. The van der Waals surface area contributed by atoms with Gasteiger partial charge in [-0.2, -0.15) is 0 Å². The van der Waals surface area contributed by atoms with E-state index in [4.69, 9.17) is 15.0 Å². The molecule has 68 heavy (non-hydrogen) atoms.